The molecule has 0 N–H and O–H groups in total. The van der Waals surface area contributed by atoms with E-state index in [1.54, 1.807) is 12.1 Å². The molecule has 2 aromatic carbocycles. The lowest BCUT2D eigenvalue weighted by atomic mass is 10.0. The molecule has 0 unspecified atom stereocenters. The summed E-state index contributed by atoms with van der Waals surface area (Å²) < 4.78 is 11.0. The highest BCUT2D eigenvalue weighted by molar-refractivity contribution is 6.07. The van der Waals surface area contributed by atoms with Gasteiger partial charge in [-0.1, -0.05) is 30.3 Å². The third kappa shape index (κ3) is 2.77. The fraction of sp³-hybridized carbons (Fsp3) is 0.0500. The molecule has 0 spiro atoms. The molecule has 6 heteroatoms. The minimum absolute atomic E-state index is 0.121. The second kappa shape index (κ2) is 6.33. The Morgan fingerprint density at radius 2 is 1.88 bits per heavy atom. The number of carbonyl (C=O) groups is 1. The molecule has 4 aromatic rings. The van der Waals surface area contributed by atoms with Crippen LogP contribution in [0.2, 0.25) is 0 Å². The van der Waals surface area contributed by atoms with Crippen LogP contribution in [0.3, 0.4) is 0 Å². The third-order valence-corrected chi connectivity index (χ3v) is 4.11. The maximum atomic E-state index is 12.2. The van der Waals surface area contributed by atoms with Gasteiger partial charge >= 0.3 is 17.3 Å². The molecule has 0 saturated carbocycles. The molecule has 0 aliphatic carbocycles. The van der Waals surface area contributed by atoms with E-state index >= 15 is 0 Å². The Hall–Kier alpha value is -3.67. The summed E-state index contributed by atoms with van der Waals surface area (Å²) in [5.41, 5.74) is 0.290. The summed E-state index contributed by atoms with van der Waals surface area (Å²) in [6, 6.07) is 17.0. The number of carbonyl (C=O) groups excluding carboxylic acids is 1. The highest BCUT2D eigenvalue weighted by atomic mass is 16.5. The van der Waals surface area contributed by atoms with Crippen LogP contribution in [0, 0.1) is 5.21 Å². The summed E-state index contributed by atoms with van der Waals surface area (Å²) in [4.78, 5) is 24.0. The van der Waals surface area contributed by atoms with Crippen molar-refractivity contribution in [2.75, 3.05) is 0 Å². The summed E-state index contributed by atoms with van der Waals surface area (Å²) in [6.07, 6.45) is 1.22. The monoisotopic (exact) mass is 347 g/mol. The van der Waals surface area contributed by atoms with E-state index in [0.29, 0.717) is 21.3 Å². The molecule has 2 aromatic heterocycles. The van der Waals surface area contributed by atoms with Crippen molar-refractivity contribution in [1.82, 2.24) is 0 Å². The molecule has 0 radical (unpaired) electrons. The molecular weight excluding hydrogens is 334 g/mol. The number of benzene rings is 2. The Balaban J connectivity index is 1.76. The zero-order valence-corrected chi connectivity index (χ0v) is 13.5. The summed E-state index contributed by atoms with van der Waals surface area (Å²) >= 11 is 0. The third-order valence-electron chi connectivity index (χ3n) is 4.11. The van der Waals surface area contributed by atoms with Crippen LogP contribution in [0.15, 0.2) is 76.1 Å². The second-order valence-corrected chi connectivity index (χ2v) is 5.74. The lowest BCUT2D eigenvalue weighted by Gasteiger charge is -2.09. The normalized spacial score (nSPS) is 10.9. The van der Waals surface area contributed by atoms with E-state index in [4.69, 9.17) is 9.15 Å². The van der Waals surface area contributed by atoms with Crippen LogP contribution in [0.4, 0.5) is 0 Å². The van der Waals surface area contributed by atoms with Gasteiger partial charge in [0.1, 0.15) is 12.2 Å². The molecule has 0 fully saturated rings. The van der Waals surface area contributed by atoms with Crippen molar-refractivity contribution >= 4 is 27.7 Å². The van der Waals surface area contributed by atoms with Gasteiger partial charge in [0.15, 0.2) is 6.20 Å². The maximum absolute atomic E-state index is 12.2. The smallest absolute Gasteiger partial charge is 0.405 e. The molecule has 0 atom stereocenters. The largest absolute Gasteiger partial charge is 0.618 e. The predicted molar refractivity (Wildman–Crippen MR) is 94.5 cm³/mol. The van der Waals surface area contributed by atoms with Crippen LogP contribution in [0.5, 0.6) is 0 Å². The molecule has 0 bridgehead atoms. The first-order valence-corrected chi connectivity index (χ1v) is 7.93. The van der Waals surface area contributed by atoms with Crippen LogP contribution in [-0.2, 0) is 11.3 Å². The standard InChI is InChI=1S/C20H13NO5/c22-18-11-14(12-25-20(23)16-7-3-4-10-21(16)24)19-15-6-2-1-5-13(15)8-9-17(19)26-18/h1-11H,12H2. The average molecular weight is 347 g/mol. The number of pyridine rings is 1. The number of hydrogen-bond donors (Lipinski definition) is 0. The molecule has 26 heavy (non-hydrogen) atoms. The minimum atomic E-state index is -0.762. The van der Waals surface area contributed by atoms with Crippen molar-refractivity contribution in [2.24, 2.45) is 0 Å². The van der Waals surface area contributed by atoms with Gasteiger partial charge < -0.3 is 14.4 Å². The fourth-order valence-electron chi connectivity index (χ4n) is 2.94. The van der Waals surface area contributed by atoms with Gasteiger partial charge in [-0.05, 0) is 22.9 Å². The van der Waals surface area contributed by atoms with E-state index in [9.17, 15) is 14.8 Å². The first kappa shape index (κ1) is 15.8. The lowest BCUT2D eigenvalue weighted by Crippen LogP contribution is -2.34. The van der Waals surface area contributed by atoms with Crippen molar-refractivity contribution in [3.63, 3.8) is 0 Å². The highest BCUT2D eigenvalue weighted by Crippen LogP contribution is 2.27. The maximum Gasteiger partial charge on any atom is 0.405 e. The average Bonchev–Trinajstić information content (AvgIpc) is 2.65. The second-order valence-electron chi connectivity index (χ2n) is 5.74. The Morgan fingerprint density at radius 1 is 1.08 bits per heavy atom. The Labute approximate surface area is 147 Å². The zero-order chi connectivity index (χ0) is 18.1. The van der Waals surface area contributed by atoms with Gasteiger partial charge in [-0.15, -0.1) is 0 Å². The first-order valence-electron chi connectivity index (χ1n) is 7.93. The molecule has 0 aliphatic heterocycles. The van der Waals surface area contributed by atoms with Crippen LogP contribution in [0.1, 0.15) is 16.1 Å². The Kier molecular flexibility index (Phi) is 3.85. The molecule has 6 nitrogen and oxygen atoms in total. The van der Waals surface area contributed by atoms with Crippen molar-refractivity contribution in [1.29, 1.82) is 0 Å². The van der Waals surface area contributed by atoms with Gasteiger partial charge in [0.2, 0.25) is 0 Å². The summed E-state index contributed by atoms with van der Waals surface area (Å²) in [5, 5.41) is 14.2. The van der Waals surface area contributed by atoms with E-state index in [2.05, 4.69) is 0 Å². The van der Waals surface area contributed by atoms with Gasteiger partial charge in [-0.2, -0.15) is 4.73 Å². The van der Waals surface area contributed by atoms with Crippen molar-refractivity contribution in [3.8, 4) is 0 Å². The van der Waals surface area contributed by atoms with Crippen LogP contribution < -0.4 is 10.4 Å². The number of ether oxygens (including phenoxy) is 1. The summed E-state index contributed by atoms with van der Waals surface area (Å²) in [6.45, 7) is -0.149. The molecule has 0 aliphatic rings. The minimum Gasteiger partial charge on any atom is -0.618 e. The lowest BCUT2D eigenvalue weighted by molar-refractivity contribution is -0.608. The quantitative estimate of drug-likeness (QED) is 0.187. The van der Waals surface area contributed by atoms with Gasteiger partial charge in [0, 0.05) is 29.1 Å². The molecular formula is C20H13NO5. The van der Waals surface area contributed by atoms with Gasteiger partial charge in [-0.3, -0.25) is 0 Å². The van der Waals surface area contributed by atoms with Crippen LogP contribution in [-0.4, -0.2) is 5.97 Å². The first-order chi connectivity index (χ1) is 12.6. The van der Waals surface area contributed by atoms with E-state index in [-0.39, 0.29) is 12.3 Å². The van der Waals surface area contributed by atoms with Gasteiger partial charge in [0.05, 0.1) is 0 Å². The van der Waals surface area contributed by atoms with Crippen molar-refractivity contribution in [2.45, 2.75) is 6.61 Å². The highest BCUT2D eigenvalue weighted by Gasteiger charge is 2.18. The van der Waals surface area contributed by atoms with Crippen LogP contribution in [0.25, 0.3) is 21.7 Å². The fourth-order valence-corrected chi connectivity index (χ4v) is 2.94. The molecule has 128 valence electrons. The Morgan fingerprint density at radius 3 is 2.73 bits per heavy atom. The predicted octanol–water partition coefficient (Wildman–Crippen LogP) is 2.94. The van der Waals surface area contributed by atoms with E-state index in [1.165, 1.54) is 24.4 Å². The number of esters is 1. The van der Waals surface area contributed by atoms with Gasteiger partial charge in [0.25, 0.3) is 0 Å². The van der Waals surface area contributed by atoms with Crippen LogP contribution >= 0.6 is 0 Å². The number of fused-ring (bicyclic) bond motifs is 3. The SMILES string of the molecule is O=C(OCc1cc(=O)oc2ccc3ccccc3c12)c1cccc[n+]1[O-]. The number of nitrogens with zero attached hydrogens (tertiary/aromatic N) is 1. The molecule has 2 heterocycles. The van der Waals surface area contributed by atoms with Gasteiger partial charge in [-0.25, -0.2) is 9.59 Å². The van der Waals surface area contributed by atoms with Crippen molar-refractivity contribution in [3.05, 3.63) is 93.7 Å². The van der Waals surface area contributed by atoms with E-state index in [1.807, 2.05) is 30.3 Å². The summed E-state index contributed by atoms with van der Waals surface area (Å²) in [5.74, 6) is -0.762. The van der Waals surface area contributed by atoms with E-state index < -0.39 is 11.6 Å². The molecule has 0 saturated heterocycles. The zero-order valence-electron chi connectivity index (χ0n) is 13.5. The van der Waals surface area contributed by atoms with E-state index in [0.717, 1.165) is 10.8 Å². The number of aromatic nitrogens is 1. The molecule has 4 rings (SSSR count). The summed E-state index contributed by atoms with van der Waals surface area (Å²) in [7, 11) is 0. The number of hydrogen-bond acceptors (Lipinski definition) is 5. The number of rotatable bonds is 3. The topological polar surface area (TPSA) is 83.5 Å². The Bertz CT molecular complexity index is 1200. The van der Waals surface area contributed by atoms with Crippen molar-refractivity contribution < 1.29 is 18.7 Å². The molecule has 0 amide bonds.